The zero-order valence-corrected chi connectivity index (χ0v) is 15.7. The van der Waals surface area contributed by atoms with Crippen LogP contribution in [0.2, 0.25) is 0 Å². The van der Waals surface area contributed by atoms with Crippen molar-refractivity contribution in [3.63, 3.8) is 0 Å². The van der Waals surface area contributed by atoms with Crippen molar-refractivity contribution in [1.82, 2.24) is 19.6 Å². The number of halogens is 1. The van der Waals surface area contributed by atoms with Crippen LogP contribution in [0.5, 0.6) is 0 Å². The third-order valence-electron chi connectivity index (χ3n) is 4.75. The molecule has 27 heavy (non-hydrogen) atoms. The number of piperazine rings is 1. The van der Waals surface area contributed by atoms with E-state index in [9.17, 15) is 4.39 Å². The maximum absolute atomic E-state index is 13.1. The molecule has 0 saturated carbocycles. The van der Waals surface area contributed by atoms with Crippen LogP contribution in [-0.2, 0) is 13.2 Å². The van der Waals surface area contributed by atoms with E-state index in [1.165, 1.54) is 17.7 Å². The van der Waals surface area contributed by atoms with Crippen molar-refractivity contribution in [2.24, 2.45) is 0 Å². The van der Waals surface area contributed by atoms with Crippen LogP contribution >= 0.6 is 12.2 Å². The molecule has 0 spiro atoms. The van der Waals surface area contributed by atoms with Crippen LogP contribution in [0, 0.1) is 10.7 Å². The number of benzene rings is 2. The molecule has 0 amide bonds. The molecule has 2 aromatic carbocycles. The van der Waals surface area contributed by atoms with Gasteiger partial charge in [0, 0.05) is 38.3 Å². The van der Waals surface area contributed by atoms with E-state index in [2.05, 4.69) is 39.2 Å². The van der Waals surface area contributed by atoms with E-state index >= 15 is 0 Å². The van der Waals surface area contributed by atoms with E-state index in [1.54, 1.807) is 16.8 Å². The van der Waals surface area contributed by atoms with Crippen molar-refractivity contribution in [3.8, 4) is 11.5 Å². The first-order valence-corrected chi connectivity index (χ1v) is 9.41. The summed E-state index contributed by atoms with van der Waals surface area (Å²) in [5, 5.41) is 4.46. The predicted molar refractivity (Wildman–Crippen MR) is 104 cm³/mol. The minimum Gasteiger partial charge on any atom is -0.409 e. The Morgan fingerprint density at radius 3 is 2.30 bits per heavy atom. The van der Waals surface area contributed by atoms with Crippen LogP contribution in [-0.4, -0.2) is 45.8 Å². The van der Waals surface area contributed by atoms with E-state index in [4.69, 9.17) is 16.6 Å². The molecule has 1 aliphatic rings. The smallest absolute Gasteiger partial charge is 0.288 e. The second kappa shape index (κ2) is 8.12. The minimum absolute atomic E-state index is 0.287. The van der Waals surface area contributed by atoms with Crippen LogP contribution in [0.25, 0.3) is 11.5 Å². The first kappa shape index (κ1) is 18.0. The lowest BCUT2D eigenvalue weighted by Crippen LogP contribution is -2.46. The first-order valence-electron chi connectivity index (χ1n) is 9.00. The van der Waals surface area contributed by atoms with E-state index in [-0.39, 0.29) is 5.82 Å². The monoisotopic (exact) mass is 384 g/mol. The van der Waals surface area contributed by atoms with Crippen LogP contribution in [0.15, 0.2) is 59.0 Å². The second-order valence-electron chi connectivity index (χ2n) is 6.70. The molecule has 1 saturated heterocycles. The van der Waals surface area contributed by atoms with Gasteiger partial charge in [-0.15, -0.1) is 5.10 Å². The van der Waals surface area contributed by atoms with Gasteiger partial charge < -0.3 is 4.42 Å². The molecule has 2 heterocycles. The summed E-state index contributed by atoms with van der Waals surface area (Å²) < 4.78 is 20.4. The topological polar surface area (TPSA) is 37.4 Å². The van der Waals surface area contributed by atoms with E-state index in [0.717, 1.165) is 32.7 Å². The molecule has 0 atom stereocenters. The summed E-state index contributed by atoms with van der Waals surface area (Å²) in [6.07, 6.45) is 0. The highest BCUT2D eigenvalue weighted by molar-refractivity contribution is 7.71. The SMILES string of the molecule is Fc1ccc(-c2nn(CN3CCN(Cc4ccccc4)CC3)c(=S)o2)cc1. The van der Waals surface area contributed by atoms with Crippen LogP contribution in [0.1, 0.15) is 5.56 Å². The summed E-state index contributed by atoms with van der Waals surface area (Å²) in [4.78, 5) is 5.10. The molecule has 1 aromatic heterocycles. The van der Waals surface area contributed by atoms with Crippen molar-refractivity contribution in [2.75, 3.05) is 26.2 Å². The van der Waals surface area contributed by atoms with Crippen molar-refractivity contribution in [3.05, 3.63) is 70.8 Å². The van der Waals surface area contributed by atoms with Gasteiger partial charge in [-0.1, -0.05) is 30.3 Å². The number of nitrogens with zero attached hydrogens (tertiary/aromatic N) is 4. The van der Waals surface area contributed by atoms with Gasteiger partial charge in [0.15, 0.2) is 0 Å². The van der Waals surface area contributed by atoms with Crippen molar-refractivity contribution in [2.45, 2.75) is 13.2 Å². The molecule has 0 aliphatic carbocycles. The summed E-state index contributed by atoms with van der Waals surface area (Å²) in [5.74, 6) is 0.132. The molecule has 0 bridgehead atoms. The number of rotatable bonds is 5. The molecule has 0 N–H and O–H groups in total. The lowest BCUT2D eigenvalue weighted by atomic mass is 10.2. The lowest BCUT2D eigenvalue weighted by molar-refractivity contribution is 0.0974. The highest BCUT2D eigenvalue weighted by Crippen LogP contribution is 2.18. The number of hydrogen-bond acceptors (Lipinski definition) is 5. The van der Waals surface area contributed by atoms with E-state index in [0.29, 0.717) is 23.0 Å². The van der Waals surface area contributed by atoms with Gasteiger partial charge in [0.1, 0.15) is 5.82 Å². The van der Waals surface area contributed by atoms with Crippen molar-refractivity contribution in [1.29, 1.82) is 0 Å². The van der Waals surface area contributed by atoms with Gasteiger partial charge in [-0.05, 0) is 42.0 Å². The van der Waals surface area contributed by atoms with Crippen molar-refractivity contribution < 1.29 is 8.81 Å². The molecule has 7 heteroatoms. The summed E-state index contributed by atoms with van der Waals surface area (Å²) in [5.41, 5.74) is 2.06. The van der Waals surface area contributed by atoms with Gasteiger partial charge in [-0.2, -0.15) is 0 Å². The molecule has 1 fully saturated rings. The average Bonchev–Trinajstić information content (AvgIpc) is 3.05. The third kappa shape index (κ3) is 4.50. The fraction of sp³-hybridized carbons (Fsp3) is 0.300. The normalized spacial score (nSPS) is 15.9. The Balaban J connectivity index is 1.35. The van der Waals surface area contributed by atoms with Gasteiger partial charge in [0.2, 0.25) is 5.89 Å². The van der Waals surface area contributed by atoms with Gasteiger partial charge >= 0.3 is 0 Å². The Bertz CT molecular complexity index is 931. The highest BCUT2D eigenvalue weighted by Gasteiger charge is 2.18. The summed E-state index contributed by atoms with van der Waals surface area (Å²) in [6, 6.07) is 16.6. The van der Waals surface area contributed by atoms with Crippen LogP contribution in [0.3, 0.4) is 0 Å². The quantitative estimate of drug-likeness (QED) is 0.626. The Morgan fingerprint density at radius 2 is 1.59 bits per heavy atom. The average molecular weight is 384 g/mol. The predicted octanol–water partition coefficient (Wildman–Crippen LogP) is 3.79. The Hall–Kier alpha value is -2.35. The maximum Gasteiger partial charge on any atom is 0.288 e. The highest BCUT2D eigenvalue weighted by atomic mass is 32.1. The zero-order valence-electron chi connectivity index (χ0n) is 14.9. The van der Waals surface area contributed by atoms with E-state index in [1.807, 2.05) is 6.07 Å². The fourth-order valence-electron chi connectivity index (χ4n) is 3.22. The lowest BCUT2D eigenvalue weighted by Gasteiger charge is -2.34. The first-order chi connectivity index (χ1) is 13.2. The fourth-order valence-corrected chi connectivity index (χ4v) is 3.40. The van der Waals surface area contributed by atoms with Crippen molar-refractivity contribution >= 4 is 12.2 Å². The maximum atomic E-state index is 13.1. The molecular weight excluding hydrogens is 363 g/mol. The molecule has 0 radical (unpaired) electrons. The number of aromatic nitrogens is 2. The molecule has 4 rings (SSSR count). The van der Waals surface area contributed by atoms with Crippen LogP contribution < -0.4 is 0 Å². The standard InChI is InChI=1S/C20H21FN4OS/c21-18-8-6-17(7-9-18)19-22-25(20(27)26-19)15-24-12-10-23(11-13-24)14-16-4-2-1-3-5-16/h1-9H,10-15H2. The Morgan fingerprint density at radius 1 is 0.926 bits per heavy atom. The summed E-state index contributed by atoms with van der Waals surface area (Å²) >= 11 is 5.30. The third-order valence-corrected chi connectivity index (χ3v) is 5.04. The Labute approximate surface area is 162 Å². The van der Waals surface area contributed by atoms with Gasteiger partial charge in [-0.25, -0.2) is 9.07 Å². The van der Waals surface area contributed by atoms with Gasteiger partial charge in [0.25, 0.3) is 4.84 Å². The summed E-state index contributed by atoms with van der Waals surface area (Å²) in [7, 11) is 0. The molecule has 0 unspecified atom stereocenters. The van der Waals surface area contributed by atoms with E-state index < -0.39 is 0 Å². The van der Waals surface area contributed by atoms with Gasteiger partial charge in [-0.3, -0.25) is 9.80 Å². The second-order valence-corrected chi connectivity index (χ2v) is 7.05. The number of hydrogen-bond donors (Lipinski definition) is 0. The van der Waals surface area contributed by atoms with Gasteiger partial charge in [0.05, 0.1) is 6.67 Å². The molecule has 3 aromatic rings. The Kier molecular flexibility index (Phi) is 5.42. The molecular formula is C20H21FN4OS. The summed E-state index contributed by atoms with van der Waals surface area (Å²) in [6.45, 7) is 5.49. The molecule has 1 aliphatic heterocycles. The molecule has 140 valence electrons. The van der Waals surface area contributed by atoms with Crippen LogP contribution in [0.4, 0.5) is 4.39 Å². The molecule has 5 nitrogen and oxygen atoms in total. The minimum atomic E-state index is -0.287. The largest absolute Gasteiger partial charge is 0.409 e. The zero-order chi connectivity index (χ0) is 18.6.